The Morgan fingerprint density at radius 2 is 1.44 bits per heavy atom. The Labute approximate surface area is 348 Å². The van der Waals surface area contributed by atoms with Gasteiger partial charge in [0.1, 0.15) is 43.0 Å². The number of benzene rings is 2. The summed E-state index contributed by atoms with van der Waals surface area (Å²) in [6, 6.07) is 11.1. The fourth-order valence-corrected chi connectivity index (χ4v) is 7.91. The number of carbonyl (C=O) groups is 5. The van der Waals surface area contributed by atoms with Gasteiger partial charge in [-0.2, -0.15) is 0 Å². The standard InChI is InChI=1S/C43H54N6O9S/c1-9-18-56-42(54)32-21-59-41(45-32)35(24(6)7)47-37(51)31-20-57-40(44-31)34(23(4)5)46-39(53)36(25(8)50)48-38(52)33(22(2)3)49-43(55)58-19-30-28-16-12-10-14-26(28)27-15-11-13-17-29(27)30/h9-17,21-25,30-31,33-36,50H,1,18-20H2,2-8H3,(H,46,53)(H,47,51)(H,48,52)(H,49,55)/t25-,31+,33+,34+,35+,36+/m1/s1. The molecule has 0 saturated heterocycles. The van der Waals surface area contributed by atoms with Gasteiger partial charge in [0, 0.05) is 11.3 Å². The molecule has 0 unspecified atom stereocenters. The van der Waals surface area contributed by atoms with Crippen LogP contribution in [0.3, 0.4) is 0 Å². The van der Waals surface area contributed by atoms with E-state index in [9.17, 15) is 29.1 Å². The number of hydrogen-bond donors (Lipinski definition) is 5. The quantitative estimate of drug-likeness (QED) is 0.0885. The number of nitrogens with one attached hydrogen (secondary N) is 4. The molecule has 0 saturated carbocycles. The third-order valence-electron chi connectivity index (χ3n) is 10.1. The number of ether oxygens (including phenoxy) is 3. The molecular formula is C43H54N6O9S. The maximum atomic E-state index is 13.7. The number of aliphatic imine (C=N–C) groups is 1. The number of carbonyl (C=O) groups excluding carboxylic acids is 5. The third kappa shape index (κ3) is 10.7. The molecule has 15 nitrogen and oxygen atoms in total. The summed E-state index contributed by atoms with van der Waals surface area (Å²) in [6.45, 7) is 15.8. The van der Waals surface area contributed by atoms with Crippen molar-refractivity contribution in [3.63, 3.8) is 0 Å². The Bertz CT molecular complexity index is 2000. The topological polar surface area (TPSA) is 207 Å². The van der Waals surface area contributed by atoms with Gasteiger partial charge in [0.05, 0.1) is 12.1 Å². The molecule has 59 heavy (non-hydrogen) atoms. The van der Waals surface area contributed by atoms with E-state index in [0.29, 0.717) is 5.01 Å². The van der Waals surface area contributed by atoms with E-state index in [1.807, 2.05) is 76.2 Å². The second-order valence-corrected chi connectivity index (χ2v) is 16.5. The molecule has 6 atom stereocenters. The number of rotatable bonds is 18. The Hall–Kier alpha value is -5.61. The Morgan fingerprint density at radius 3 is 2.02 bits per heavy atom. The van der Waals surface area contributed by atoms with Crippen molar-refractivity contribution in [3.8, 4) is 11.1 Å². The van der Waals surface area contributed by atoms with E-state index in [4.69, 9.17) is 14.2 Å². The van der Waals surface area contributed by atoms with Crippen LogP contribution in [-0.2, 0) is 28.6 Å². The number of alkyl carbamates (subject to hydrolysis) is 1. The van der Waals surface area contributed by atoms with Crippen molar-refractivity contribution in [2.45, 2.75) is 90.7 Å². The highest BCUT2D eigenvalue weighted by molar-refractivity contribution is 7.09. The Balaban J connectivity index is 1.20. The SMILES string of the molecule is C=CCOC(=O)c1csc([C@@H](NC(=O)[C@@H]2COC([C@@H](NC(=O)[C@@H](NC(=O)[C@@H](NC(=O)OCC3c4ccccc4-c4ccccc43)C(C)C)[C@@H](C)O)C(C)C)=N2)C(C)C)n1. The fourth-order valence-electron chi connectivity index (χ4n) is 6.90. The van der Waals surface area contributed by atoms with Gasteiger partial charge >= 0.3 is 12.1 Å². The van der Waals surface area contributed by atoms with Crippen LogP contribution in [0, 0.1) is 17.8 Å². The lowest BCUT2D eigenvalue weighted by Crippen LogP contribution is -2.60. The predicted molar refractivity (Wildman–Crippen MR) is 223 cm³/mol. The van der Waals surface area contributed by atoms with Crippen LogP contribution in [0.25, 0.3) is 11.1 Å². The van der Waals surface area contributed by atoms with E-state index in [2.05, 4.69) is 37.8 Å². The van der Waals surface area contributed by atoms with Gasteiger partial charge in [-0.3, -0.25) is 14.4 Å². The van der Waals surface area contributed by atoms with Crippen LogP contribution in [0.1, 0.15) is 87.0 Å². The summed E-state index contributed by atoms with van der Waals surface area (Å²) in [7, 11) is 0. The summed E-state index contributed by atoms with van der Waals surface area (Å²) >= 11 is 1.22. The number of aliphatic hydroxyl groups is 1. The summed E-state index contributed by atoms with van der Waals surface area (Å²) in [5.41, 5.74) is 4.39. The molecule has 0 bridgehead atoms. The molecule has 3 aromatic rings. The fraction of sp³-hybridized carbons (Fsp3) is 0.465. The zero-order valence-corrected chi connectivity index (χ0v) is 35.2. The van der Waals surface area contributed by atoms with Gasteiger partial charge in [-0.25, -0.2) is 19.6 Å². The molecule has 4 amide bonds. The Morgan fingerprint density at radius 1 is 0.831 bits per heavy atom. The van der Waals surface area contributed by atoms with E-state index < -0.39 is 72.0 Å². The normalized spacial score (nSPS) is 17.1. The molecule has 1 aliphatic heterocycles. The van der Waals surface area contributed by atoms with Crippen LogP contribution in [0.5, 0.6) is 0 Å². The monoisotopic (exact) mass is 830 g/mol. The van der Waals surface area contributed by atoms with Gasteiger partial charge in [0.25, 0.3) is 0 Å². The third-order valence-corrected chi connectivity index (χ3v) is 11.1. The molecule has 0 spiro atoms. The molecule has 0 radical (unpaired) electrons. The van der Waals surface area contributed by atoms with E-state index in [1.165, 1.54) is 24.3 Å². The molecule has 2 aromatic carbocycles. The van der Waals surface area contributed by atoms with Crippen molar-refractivity contribution >= 4 is 47.0 Å². The first kappa shape index (κ1) is 44.5. The minimum atomic E-state index is -1.42. The molecule has 1 aliphatic carbocycles. The highest BCUT2D eigenvalue weighted by atomic mass is 32.1. The van der Waals surface area contributed by atoms with Crippen molar-refractivity contribution in [1.29, 1.82) is 0 Å². The molecule has 16 heteroatoms. The van der Waals surface area contributed by atoms with Gasteiger partial charge < -0.3 is 40.6 Å². The summed E-state index contributed by atoms with van der Waals surface area (Å²) in [6.07, 6.45) is -0.672. The maximum absolute atomic E-state index is 13.7. The molecule has 5 rings (SSSR count). The van der Waals surface area contributed by atoms with Gasteiger partial charge in [0.15, 0.2) is 11.7 Å². The minimum Gasteiger partial charge on any atom is -0.477 e. The first-order chi connectivity index (χ1) is 28.1. The van der Waals surface area contributed by atoms with Crippen LogP contribution >= 0.6 is 11.3 Å². The van der Waals surface area contributed by atoms with E-state index in [0.717, 1.165) is 22.3 Å². The average Bonchev–Trinajstić information content (AvgIpc) is 3.96. The van der Waals surface area contributed by atoms with E-state index in [-0.39, 0.29) is 49.2 Å². The van der Waals surface area contributed by atoms with Gasteiger partial charge in [-0.15, -0.1) is 11.3 Å². The lowest BCUT2D eigenvalue weighted by atomic mass is 9.98. The zero-order chi connectivity index (χ0) is 43.0. The first-order valence-electron chi connectivity index (χ1n) is 19.8. The first-order valence-corrected chi connectivity index (χ1v) is 20.6. The highest BCUT2D eigenvalue weighted by Gasteiger charge is 2.38. The van der Waals surface area contributed by atoms with Crippen LogP contribution < -0.4 is 21.3 Å². The van der Waals surface area contributed by atoms with Crippen molar-refractivity contribution in [3.05, 3.63) is 88.4 Å². The van der Waals surface area contributed by atoms with Gasteiger partial charge in [0.2, 0.25) is 23.6 Å². The maximum Gasteiger partial charge on any atom is 0.407 e. The van der Waals surface area contributed by atoms with Crippen molar-refractivity contribution in [2.24, 2.45) is 22.7 Å². The highest BCUT2D eigenvalue weighted by Crippen LogP contribution is 2.44. The van der Waals surface area contributed by atoms with Crippen molar-refractivity contribution < 1.29 is 43.3 Å². The second kappa shape index (κ2) is 19.9. The van der Waals surface area contributed by atoms with Crippen LogP contribution in [0.4, 0.5) is 4.79 Å². The number of hydrogen-bond acceptors (Lipinski definition) is 12. The summed E-state index contributed by atoms with van der Waals surface area (Å²) in [5.74, 6) is -3.28. The minimum absolute atomic E-state index is 0.0476. The molecule has 2 heterocycles. The number of esters is 1. The molecule has 1 aromatic heterocycles. The second-order valence-electron chi connectivity index (χ2n) is 15.6. The zero-order valence-electron chi connectivity index (χ0n) is 34.4. The van der Waals surface area contributed by atoms with Crippen molar-refractivity contribution in [1.82, 2.24) is 26.3 Å². The summed E-state index contributed by atoms with van der Waals surface area (Å²) in [4.78, 5) is 75.2. The smallest absolute Gasteiger partial charge is 0.407 e. The number of aliphatic hydroxyl groups excluding tert-OH is 1. The summed E-state index contributed by atoms with van der Waals surface area (Å²) in [5, 5.41) is 23.8. The molecular weight excluding hydrogens is 777 g/mol. The predicted octanol–water partition coefficient (Wildman–Crippen LogP) is 4.67. The molecule has 2 aliphatic rings. The largest absolute Gasteiger partial charge is 0.477 e. The van der Waals surface area contributed by atoms with Crippen LogP contribution in [0.15, 0.2) is 71.6 Å². The average molecular weight is 831 g/mol. The number of aromatic nitrogens is 1. The van der Waals surface area contributed by atoms with Crippen molar-refractivity contribution in [2.75, 3.05) is 19.8 Å². The Kier molecular flexibility index (Phi) is 15.0. The summed E-state index contributed by atoms with van der Waals surface area (Å²) < 4.78 is 16.6. The molecule has 5 N–H and O–H groups in total. The van der Waals surface area contributed by atoms with Crippen LogP contribution in [0.2, 0.25) is 0 Å². The van der Waals surface area contributed by atoms with E-state index in [1.54, 1.807) is 19.2 Å². The number of thiazole rings is 1. The lowest BCUT2D eigenvalue weighted by molar-refractivity contribution is -0.133. The van der Waals surface area contributed by atoms with Gasteiger partial charge in [-0.1, -0.05) is 103 Å². The lowest BCUT2D eigenvalue weighted by Gasteiger charge is -2.29. The molecule has 0 fully saturated rings. The van der Waals surface area contributed by atoms with E-state index >= 15 is 0 Å². The van der Waals surface area contributed by atoms with Crippen LogP contribution in [-0.4, -0.2) is 95.9 Å². The number of fused-ring (bicyclic) bond motifs is 3. The molecule has 316 valence electrons. The number of amides is 4. The van der Waals surface area contributed by atoms with Gasteiger partial charge in [-0.05, 0) is 46.9 Å². The number of nitrogens with zero attached hydrogens (tertiary/aromatic N) is 2.